The Hall–Kier alpha value is -1.92. The van der Waals surface area contributed by atoms with Crippen LogP contribution in [0.5, 0.6) is 5.75 Å². The summed E-state index contributed by atoms with van der Waals surface area (Å²) in [5.41, 5.74) is 0. The molecule has 0 radical (unpaired) electrons. The number of piperazine rings is 1. The number of nitrogens with zero attached hydrogens (tertiary/aromatic N) is 3. The summed E-state index contributed by atoms with van der Waals surface area (Å²) in [6.45, 7) is 5.40. The molecule has 1 saturated heterocycles. The second kappa shape index (κ2) is 7.19. The van der Waals surface area contributed by atoms with Crippen molar-refractivity contribution < 1.29 is 9.26 Å². The minimum absolute atomic E-state index is 0.541. The lowest BCUT2D eigenvalue weighted by atomic mass is 10.3. The van der Waals surface area contributed by atoms with E-state index in [1.807, 2.05) is 30.3 Å². The van der Waals surface area contributed by atoms with Crippen molar-refractivity contribution in [2.75, 3.05) is 32.8 Å². The second-order valence-corrected chi connectivity index (χ2v) is 5.04. The lowest BCUT2D eigenvalue weighted by molar-refractivity contribution is 0.224. The Labute approximate surface area is 124 Å². The van der Waals surface area contributed by atoms with Crippen molar-refractivity contribution >= 4 is 0 Å². The third-order valence-corrected chi connectivity index (χ3v) is 3.41. The fourth-order valence-electron chi connectivity index (χ4n) is 2.30. The van der Waals surface area contributed by atoms with Crippen LogP contribution < -0.4 is 10.1 Å². The van der Waals surface area contributed by atoms with Gasteiger partial charge >= 0.3 is 0 Å². The molecule has 0 bridgehead atoms. The first-order valence-corrected chi connectivity index (χ1v) is 7.32. The quantitative estimate of drug-likeness (QED) is 0.858. The number of nitrogens with one attached hydrogen (secondary N) is 1. The van der Waals surface area contributed by atoms with Crippen molar-refractivity contribution in [3.05, 3.63) is 42.0 Å². The summed E-state index contributed by atoms with van der Waals surface area (Å²) < 4.78 is 10.9. The molecule has 6 nitrogen and oxygen atoms in total. The Morgan fingerprint density at radius 2 is 2.00 bits per heavy atom. The maximum absolute atomic E-state index is 5.62. The lowest BCUT2D eigenvalue weighted by Crippen LogP contribution is -2.43. The number of hydrogen-bond donors (Lipinski definition) is 1. The van der Waals surface area contributed by atoms with E-state index in [0.717, 1.165) is 44.3 Å². The number of ether oxygens (including phenoxy) is 1. The molecule has 0 spiro atoms. The maximum Gasteiger partial charge on any atom is 0.230 e. The van der Waals surface area contributed by atoms with E-state index >= 15 is 0 Å². The molecule has 1 fully saturated rings. The summed E-state index contributed by atoms with van der Waals surface area (Å²) in [4.78, 5) is 6.74. The Morgan fingerprint density at radius 1 is 1.19 bits per heavy atom. The fourth-order valence-corrected chi connectivity index (χ4v) is 2.30. The van der Waals surface area contributed by atoms with Crippen LogP contribution in [0.3, 0.4) is 0 Å². The fraction of sp³-hybridized carbons (Fsp3) is 0.467. The summed E-state index contributed by atoms with van der Waals surface area (Å²) >= 11 is 0. The van der Waals surface area contributed by atoms with Crippen molar-refractivity contribution in [2.24, 2.45) is 0 Å². The summed E-state index contributed by atoms with van der Waals surface area (Å²) in [6, 6.07) is 9.74. The Kier molecular flexibility index (Phi) is 4.81. The third kappa shape index (κ3) is 4.27. The Morgan fingerprint density at radius 3 is 2.81 bits per heavy atom. The molecule has 2 aromatic rings. The molecule has 0 aliphatic carbocycles. The van der Waals surface area contributed by atoms with Crippen molar-refractivity contribution in [3.63, 3.8) is 0 Å². The predicted molar refractivity (Wildman–Crippen MR) is 78.1 cm³/mol. The first kappa shape index (κ1) is 14.0. The average molecular weight is 288 g/mol. The molecule has 0 amide bonds. The van der Waals surface area contributed by atoms with E-state index in [2.05, 4.69) is 20.4 Å². The van der Waals surface area contributed by atoms with Crippen molar-refractivity contribution in [1.29, 1.82) is 0 Å². The number of rotatable bonds is 6. The van der Waals surface area contributed by atoms with Crippen molar-refractivity contribution in [2.45, 2.75) is 13.0 Å². The van der Waals surface area contributed by atoms with Gasteiger partial charge in [0.05, 0.1) is 19.6 Å². The van der Waals surface area contributed by atoms with Crippen molar-refractivity contribution in [1.82, 2.24) is 20.4 Å². The van der Waals surface area contributed by atoms with E-state index in [4.69, 9.17) is 9.26 Å². The molecule has 6 heteroatoms. The zero-order valence-corrected chi connectivity index (χ0v) is 12.0. The Balaban J connectivity index is 1.44. The van der Waals surface area contributed by atoms with Crippen molar-refractivity contribution in [3.8, 4) is 5.75 Å². The maximum atomic E-state index is 5.62. The molecule has 0 saturated carbocycles. The molecular weight excluding hydrogens is 268 g/mol. The number of benzene rings is 1. The SMILES string of the molecule is c1ccc(OCCc2nc(CN3CCNCC3)no2)cc1. The van der Waals surface area contributed by atoms with Crippen LogP contribution in [0.4, 0.5) is 0 Å². The van der Waals surface area contributed by atoms with Gasteiger partial charge in [0.15, 0.2) is 5.82 Å². The second-order valence-electron chi connectivity index (χ2n) is 5.04. The molecule has 1 aromatic heterocycles. The van der Waals surface area contributed by atoms with E-state index in [9.17, 15) is 0 Å². The standard InChI is InChI=1S/C15H20N4O2/c1-2-4-13(5-3-1)20-11-6-15-17-14(18-21-15)12-19-9-7-16-8-10-19/h1-5,16H,6-12H2. The zero-order valence-electron chi connectivity index (χ0n) is 12.0. The van der Waals surface area contributed by atoms with Gasteiger partial charge in [0, 0.05) is 26.2 Å². The number of para-hydroxylation sites is 1. The first-order valence-electron chi connectivity index (χ1n) is 7.32. The molecule has 1 N–H and O–H groups in total. The molecule has 2 heterocycles. The van der Waals surface area contributed by atoms with Crippen LogP contribution in [-0.2, 0) is 13.0 Å². The van der Waals surface area contributed by atoms with Gasteiger partial charge in [-0.3, -0.25) is 4.90 Å². The normalized spacial score (nSPS) is 16.0. The average Bonchev–Trinajstić information content (AvgIpc) is 2.97. The highest BCUT2D eigenvalue weighted by atomic mass is 16.5. The molecule has 21 heavy (non-hydrogen) atoms. The minimum Gasteiger partial charge on any atom is -0.493 e. The largest absolute Gasteiger partial charge is 0.493 e. The van der Waals surface area contributed by atoms with Gasteiger partial charge in [-0.1, -0.05) is 23.4 Å². The lowest BCUT2D eigenvalue weighted by Gasteiger charge is -2.25. The molecule has 0 unspecified atom stereocenters. The molecule has 0 atom stereocenters. The molecule has 1 aliphatic heterocycles. The van der Waals surface area contributed by atoms with Crippen LogP contribution in [0.2, 0.25) is 0 Å². The summed E-state index contributed by atoms with van der Waals surface area (Å²) in [5, 5.41) is 7.36. The third-order valence-electron chi connectivity index (χ3n) is 3.41. The molecule has 1 aromatic carbocycles. The van der Waals surface area contributed by atoms with Crippen LogP contribution in [0.25, 0.3) is 0 Å². The van der Waals surface area contributed by atoms with Gasteiger partial charge in [0.1, 0.15) is 5.75 Å². The highest BCUT2D eigenvalue weighted by Gasteiger charge is 2.13. The highest BCUT2D eigenvalue weighted by molar-refractivity contribution is 5.20. The number of aromatic nitrogens is 2. The smallest absolute Gasteiger partial charge is 0.230 e. The van der Waals surface area contributed by atoms with E-state index in [-0.39, 0.29) is 0 Å². The van der Waals surface area contributed by atoms with E-state index in [0.29, 0.717) is 18.9 Å². The van der Waals surface area contributed by atoms with Gasteiger partial charge in [-0.25, -0.2) is 0 Å². The molecule has 3 rings (SSSR count). The summed E-state index contributed by atoms with van der Waals surface area (Å²) in [7, 11) is 0. The first-order chi connectivity index (χ1) is 10.4. The topological polar surface area (TPSA) is 63.4 Å². The van der Waals surface area contributed by atoms with Gasteiger partial charge in [0.25, 0.3) is 0 Å². The van der Waals surface area contributed by atoms with E-state index in [1.54, 1.807) is 0 Å². The molecule has 112 valence electrons. The van der Waals surface area contributed by atoms with Crippen LogP contribution in [0.15, 0.2) is 34.9 Å². The molecule has 1 aliphatic rings. The van der Waals surface area contributed by atoms with Crippen LogP contribution in [0, 0.1) is 0 Å². The van der Waals surface area contributed by atoms with Gasteiger partial charge in [-0.2, -0.15) is 4.98 Å². The monoisotopic (exact) mass is 288 g/mol. The molecular formula is C15H20N4O2. The minimum atomic E-state index is 0.541. The van der Waals surface area contributed by atoms with Gasteiger partial charge in [-0.15, -0.1) is 0 Å². The van der Waals surface area contributed by atoms with Crippen LogP contribution in [-0.4, -0.2) is 47.8 Å². The zero-order chi connectivity index (χ0) is 14.3. The van der Waals surface area contributed by atoms with Crippen LogP contribution in [0.1, 0.15) is 11.7 Å². The van der Waals surface area contributed by atoms with E-state index < -0.39 is 0 Å². The summed E-state index contributed by atoms with van der Waals surface area (Å²) in [5.74, 6) is 2.25. The van der Waals surface area contributed by atoms with Gasteiger partial charge in [0.2, 0.25) is 5.89 Å². The predicted octanol–water partition coefficient (Wildman–Crippen LogP) is 1.10. The number of hydrogen-bond acceptors (Lipinski definition) is 6. The van der Waals surface area contributed by atoms with Gasteiger partial charge < -0.3 is 14.6 Å². The van der Waals surface area contributed by atoms with Gasteiger partial charge in [-0.05, 0) is 12.1 Å². The van der Waals surface area contributed by atoms with E-state index in [1.165, 1.54) is 0 Å². The Bertz CT molecular complexity index is 538. The van der Waals surface area contributed by atoms with Crippen LogP contribution >= 0.6 is 0 Å². The summed E-state index contributed by atoms with van der Waals surface area (Å²) in [6.07, 6.45) is 0.628. The highest BCUT2D eigenvalue weighted by Crippen LogP contribution is 2.09.